The molecule has 0 saturated carbocycles. The van der Waals surface area contributed by atoms with Gasteiger partial charge in [-0.05, 0) is 35.9 Å². The van der Waals surface area contributed by atoms with Crippen molar-refractivity contribution in [2.45, 2.75) is 6.54 Å². The molecule has 0 bridgehead atoms. The van der Waals surface area contributed by atoms with Crippen LogP contribution in [0.15, 0.2) is 55.0 Å². The summed E-state index contributed by atoms with van der Waals surface area (Å²) < 4.78 is 11.0. The van der Waals surface area contributed by atoms with Crippen molar-refractivity contribution < 1.29 is 14.3 Å². The van der Waals surface area contributed by atoms with Crippen LogP contribution >= 0.6 is 0 Å². The first-order valence-corrected chi connectivity index (χ1v) is 8.45. The minimum absolute atomic E-state index is 0.261. The molecule has 8 heteroatoms. The molecule has 1 aliphatic rings. The number of hydrogen-bond donors (Lipinski definition) is 2. The summed E-state index contributed by atoms with van der Waals surface area (Å²) in [5, 5.41) is 5.90. The third kappa shape index (κ3) is 4.12. The summed E-state index contributed by atoms with van der Waals surface area (Å²) in [5.74, 6) is 1.33. The van der Waals surface area contributed by atoms with Crippen LogP contribution in [-0.2, 0) is 6.54 Å². The molecule has 0 atom stereocenters. The Hall–Kier alpha value is -3.68. The number of ether oxygens (including phenoxy) is 2. The third-order valence-corrected chi connectivity index (χ3v) is 3.89. The van der Waals surface area contributed by atoms with Crippen molar-refractivity contribution in [2.75, 3.05) is 23.8 Å². The van der Waals surface area contributed by atoms with Crippen molar-refractivity contribution in [3.8, 4) is 11.5 Å². The lowest BCUT2D eigenvalue weighted by Crippen LogP contribution is -2.17. The van der Waals surface area contributed by atoms with Crippen LogP contribution in [0.1, 0.15) is 16.1 Å². The first-order chi connectivity index (χ1) is 13.3. The van der Waals surface area contributed by atoms with E-state index in [1.54, 1.807) is 42.9 Å². The van der Waals surface area contributed by atoms with Gasteiger partial charge in [-0.15, -0.1) is 0 Å². The molecule has 0 radical (unpaired) electrons. The van der Waals surface area contributed by atoms with Crippen LogP contribution in [0.2, 0.25) is 0 Å². The van der Waals surface area contributed by atoms with E-state index in [9.17, 15) is 4.79 Å². The molecule has 27 heavy (non-hydrogen) atoms. The maximum absolute atomic E-state index is 12.5. The van der Waals surface area contributed by atoms with Gasteiger partial charge in [0.2, 0.25) is 5.95 Å². The molecule has 0 unspecified atom stereocenters. The Morgan fingerprint density at radius 1 is 1.00 bits per heavy atom. The second kappa shape index (κ2) is 7.69. The number of pyridine rings is 1. The SMILES string of the molecule is O=C(Nc1ccc2c(c1)OCCO2)c1ccnc(NCc2ccncc2)n1. The Morgan fingerprint density at radius 2 is 1.81 bits per heavy atom. The average molecular weight is 363 g/mol. The van der Waals surface area contributed by atoms with Gasteiger partial charge in [0.1, 0.15) is 18.9 Å². The van der Waals surface area contributed by atoms with E-state index >= 15 is 0 Å². The third-order valence-electron chi connectivity index (χ3n) is 3.89. The van der Waals surface area contributed by atoms with Crippen LogP contribution < -0.4 is 20.1 Å². The van der Waals surface area contributed by atoms with Crippen molar-refractivity contribution >= 4 is 17.5 Å². The zero-order chi connectivity index (χ0) is 18.5. The van der Waals surface area contributed by atoms with Crippen LogP contribution in [0.5, 0.6) is 11.5 Å². The lowest BCUT2D eigenvalue weighted by Gasteiger charge is -2.19. The van der Waals surface area contributed by atoms with Crippen molar-refractivity contribution in [3.05, 3.63) is 66.2 Å². The number of carbonyl (C=O) groups is 1. The second-order valence-corrected chi connectivity index (χ2v) is 5.79. The number of rotatable bonds is 5. The molecule has 2 N–H and O–H groups in total. The number of fused-ring (bicyclic) bond motifs is 1. The van der Waals surface area contributed by atoms with Crippen molar-refractivity contribution in [1.82, 2.24) is 15.0 Å². The molecule has 2 aromatic heterocycles. The van der Waals surface area contributed by atoms with E-state index in [1.807, 2.05) is 12.1 Å². The number of nitrogens with one attached hydrogen (secondary N) is 2. The highest BCUT2D eigenvalue weighted by Gasteiger charge is 2.14. The zero-order valence-corrected chi connectivity index (χ0v) is 14.4. The zero-order valence-electron chi connectivity index (χ0n) is 14.4. The fourth-order valence-corrected chi connectivity index (χ4v) is 2.57. The van der Waals surface area contributed by atoms with Crippen LogP contribution in [0, 0.1) is 0 Å². The van der Waals surface area contributed by atoms with Crippen LogP contribution in [0.25, 0.3) is 0 Å². The highest BCUT2D eigenvalue weighted by atomic mass is 16.6. The highest BCUT2D eigenvalue weighted by molar-refractivity contribution is 6.03. The van der Waals surface area contributed by atoms with E-state index in [4.69, 9.17) is 9.47 Å². The van der Waals surface area contributed by atoms with Crippen molar-refractivity contribution in [2.24, 2.45) is 0 Å². The first kappa shape index (κ1) is 16.8. The van der Waals surface area contributed by atoms with E-state index in [0.29, 0.717) is 42.9 Å². The fraction of sp³-hybridized carbons (Fsp3) is 0.158. The summed E-state index contributed by atoms with van der Waals surface area (Å²) in [6.45, 7) is 1.55. The summed E-state index contributed by atoms with van der Waals surface area (Å²) in [4.78, 5) is 24.9. The van der Waals surface area contributed by atoms with Gasteiger partial charge in [-0.25, -0.2) is 9.97 Å². The molecule has 0 saturated heterocycles. The summed E-state index contributed by atoms with van der Waals surface area (Å²) >= 11 is 0. The molecule has 136 valence electrons. The average Bonchev–Trinajstić information content (AvgIpc) is 2.73. The maximum atomic E-state index is 12.5. The quantitative estimate of drug-likeness (QED) is 0.719. The molecule has 8 nitrogen and oxygen atoms in total. The molecule has 1 aromatic carbocycles. The Balaban J connectivity index is 1.43. The largest absolute Gasteiger partial charge is 0.486 e. The number of amides is 1. The van der Waals surface area contributed by atoms with Gasteiger partial charge >= 0.3 is 0 Å². The lowest BCUT2D eigenvalue weighted by molar-refractivity contribution is 0.102. The van der Waals surface area contributed by atoms with Gasteiger partial charge in [0.25, 0.3) is 5.91 Å². The molecule has 0 fully saturated rings. The van der Waals surface area contributed by atoms with Gasteiger partial charge in [0.05, 0.1) is 0 Å². The summed E-state index contributed by atoms with van der Waals surface area (Å²) in [6.07, 6.45) is 4.98. The van der Waals surface area contributed by atoms with Crippen LogP contribution in [-0.4, -0.2) is 34.1 Å². The number of hydrogen-bond acceptors (Lipinski definition) is 7. The van der Waals surface area contributed by atoms with Gasteiger partial charge in [-0.1, -0.05) is 0 Å². The Labute approximate surface area is 155 Å². The van der Waals surface area contributed by atoms with E-state index in [-0.39, 0.29) is 11.6 Å². The molecule has 3 aromatic rings. The molecule has 3 heterocycles. The number of aromatic nitrogens is 3. The van der Waals surface area contributed by atoms with E-state index in [2.05, 4.69) is 25.6 Å². The molecule has 4 rings (SSSR count). The summed E-state index contributed by atoms with van der Waals surface area (Å²) in [6, 6.07) is 10.6. The van der Waals surface area contributed by atoms with Gasteiger partial charge in [0, 0.05) is 36.9 Å². The van der Waals surface area contributed by atoms with E-state index < -0.39 is 0 Å². The van der Waals surface area contributed by atoms with Gasteiger partial charge < -0.3 is 20.1 Å². The number of nitrogens with zero attached hydrogens (tertiary/aromatic N) is 3. The van der Waals surface area contributed by atoms with Crippen LogP contribution in [0.3, 0.4) is 0 Å². The Kier molecular flexibility index (Phi) is 4.78. The van der Waals surface area contributed by atoms with Gasteiger partial charge in [-0.3, -0.25) is 9.78 Å². The molecule has 1 amide bonds. The Morgan fingerprint density at radius 3 is 2.67 bits per heavy atom. The Bertz CT molecular complexity index is 949. The molecular formula is C19H17N5O3. The summed E-state index contributed by atoms with van der Waals surface area (Å²) in [5.41, 5.74) is 1.91. The maximum Gasteiger partial charge on any atom is 0.274 e. The predicted octanol–water partition coefficient (Wildman–Crippen LogP) is 2.51. The monoisotopic (exact) mass is 363 g/mol. The number of benzene rings is 1. The molecule has 1 aliphatic heterocycles. The molecule has 0 aliphatic carbocycles. The minimum Gasteiger partial charge on any atom is -0.486 e. The molecule has 0 spiro atoms. The van der Waals surface area contributed by atoms with Crippen molar-refractivity contribution in [1.29, 1.82) is 0 Å². The number of carbonyl (C=O) groups excluding carboxylic acids is 1. The summed E-state index contributed by atoms with van der Waals surface area (Å²) in [7, 11) is 0. The topological polar surface area (TPSA) is 98.3 Å². The smallest absolute Gasteiger partial charge is 0.274 e. The standard InChI is InChI=1S/C19H17N5O3/c25-18(23-14-1-2-16-17(11-14)27-10-9-26-16)15-5-8-21-19(24-15)22-12-13-3-6-20-7-4-13/h1-8,11H,9-10,12H2,(H,23,25)(H,21,22,24). The highest BCUT2D eigenvalue weighted by Crippen LogP contribution is 2.32. The van der Waals surface area contributed by atoms with Crippen LogP contribution in [0.4, 0.5) is 11.6 Å². The van der Waals surface area contributed by atoms with Crippen molar-refractivity contribution in [3.63, 3.8) is 0 Å². The normalized spacial score (nSPS) is 12.3. The fourth-order valence-electron chi connectivity index (χ4n) is 2.57. The van der Waals surface area contributed by atoms with Gasteiger partial charge in [-0.2, -0.15) is 0 Å². The predicted molar refractivity (Wildman–Crippen MR) is 99.0 cm³/mol. The lowest BCUT2D eigenvalue weighted by atomic mass is 10.2. The number of anilines is 2. The van der Waals surface area contributed by atoms with E-state index in [1.165, 1.54) is 0 Å². The first-order valence-electron chi connectivity index (χ1n) is 8.45. The van der Waals surface area contributed by atoms with Gasteiger partial charge in [0.15, 0.2) is 11.5 Å². The molecular weight excluding hydrogens is 346 g/mol. The minimum atomic E-state index is -0.332. The van der Waals surface area contributed by atoms with E-state index in [0.717, 1.165) is 5.56 Å². The second-order valence-electron chi connectivity index (χ2n) is 5.79.